The molecule has 106 valence electrons. The van der Waals surface area contributed by atoms with Gasteiger partial charge in [0.25, 0.3) is 0 Å². The zero-order chi connectivity index (χ0) is 13.7. The molecule has 0 amide bonds. The van der Waals surface area contributed by atoms with Crippen molar-refractivity contribution in [3.63, 3.8) is 0 Å². The fourth-order valence-corrected chi connectivity index (χ4v) is 3.05. The lowest BCUT2D eigenvalue weighted by molar-refractivity contribution is 0.0398. The zero-order valence-electron chi connectivity index (χ0n) is 11.3. The number of carbonyl (C=O) groups is 1. The standard InChI is InChI=1S/C13H21N3O2S/c1-2-11(17)13-10(14)9-12(19-13)15-3-4-16-5-7-18-8-6-16/h9,15H,2-8,14H2,1H3. The summed E-state index contributed by atoms with van der Waals surface area (Å²) in [7, 11) is 0. The Morgan fingerprint density at radius 3 is 2.95 bits per heavy atom. The molecule has 1 aromatic heterocycles. The number of ether oxygens (including phenoxy) is 1. The summed E-state index contributed by atoms with van der Waals surface area (Å²) >= 11 is 1.45. The summed E-state index contributed by atoms with van der Waals surface area (Å²) in [6.07, 6.45) is 0.498. The lowest BCUT2D eigenvalue weighted by Crippen LogP contribution is -2.38. The highest BCUT2D eigenvalue weighted by Gasteiger charge is 2.13. The van der Waals surface area contributed by atoms with Crippen LogP contribution >= 0.6 is 11.3 Å². The third-order valence-electron chi connectivity index (χ3n) is 3.17. The van der Waals surface area contributed by atoms with Gasteiger partial charge in [-0.05, 0) is 6.07 Å². The Labute approximate surface area is 117 Å². The third-order valence-corrected chi connectivity index (χ3v) is 4.32. The van der Waals surface area contributed by atoms with Crippen molar-refractivity contribution in [1.29, 1.82) is 0 Å². The monoisotopic (exact) mass is 283 g/mol. The normalized spacial score (nSPS) is 16.5. The molecule has 3 N–H and O–H groups in total. The van der Waals surface area contributed by atoms with E-state index >= 15 is 0 Å². The van der Waals surface area contributed by atoms with Gasteiger partial charge in [0.15, 0.2) is 5.78 Å². The van der Waals surface area contributed by atoms with Gasteiger partial charge in [0.05, 0.1) is 28.8 Å². The van der Waals surface area contributed by atoms with Crippen LogP contribution in [-0.4, -0.2) is 50.1 Å². The van der Waals surface area contributed by atoms with Crippen molar-refractivity contribution >= 4 is 27.8 Å². The number of nitrogen functional groups attached to an aromatic ring is 1. The lowest BCUT2D eigenvalue weighted by Gasteiger charge is -2.26. The van der Waals surface area contributed by atoms with Crippen LogP contribution < -0.4 is 11.1 Å². The number of carbonyl (C=O) groups excluding carboxylic acids is 1. The van der Waals surface area contributed by atoms with Crippen molar-refractivity contribution in [1.82, 2.24) is 4.90 Å². The summed E-state index contributed by atoms with van der Waals surface area (Å²) in [5, 5.41) is 4.31. The Morgan fingerprint density at radius 2 is 2.26 bits per heavy atom. The summed E-state index contributed by atoms with van der Waals surface area (Å²) in [5.74, 6) is 0.115. The van der Waals surface area contributed by atoms with Gasteiger partial charge in [-0.1, -0.05) is 6.92 Å². The van der Waals surface area contributed by atoms with E-state index in [1.807, 2.05) is 13.0 Å². The van der Waals surface area contributed by atoms with E-state index in [9.17, 15) is 4.79 Å². The molecule has 2 heterocycles. The number of hydrogen-bond donors (Lipinski definition) is 2. The number of hydrogen-bond acceptors (Lipinski definition) is 6. The molecule has 1 fully saturated rings. The lowest BCUT2D eigenvalue weighted by atomic mass is 10.2. The van der Waals surface area contributed by atoms with Gasteiger partial charge >= 0.3 is 0 Å². The second-order valence-electron chi connectivity index (χ2n) is 4.55. The van der Waals surface area contributed by atoms with Crippen LogP contribution in [-0.2, 0) is 4.74 Å². The van der Waals surface area contributed by atoms with E-state index in [0.29, 0.717) is 17.0 Å². The van der Waals surface area contributed by atoms with Gasteiger partial charge in [-0.2, -0.15) is 0 Å². The van der Waals surface area contributed by atoms with E-state index in [1.54, 1.807) is 0 Å². The number of rotatable bonds is 6. The Morgan fingerprint density at radius 1 is 1.53 bits per heavy atom. The maximum absolute atomic E-state index is 11.6. The second-order valence-corrected chi connectivity index (χ2v) is 5.60. The Bertz CT molecular complexity index is 428. The van der Waals surface area contributed by atoms with Gasteiger partial charge in [0.1, 0.15) is 0 Å². The molecule has 1 aromatic rings. The van der Waals surface area contributed by atoms with Crippen LogP contribution in [0.5, 0.6) is 0 Å². The topological polar surface area (TPSA) is 67.6 Å². The number of anilines is 2. The summed E-state index contributed by atoms with van der Waals surface area (Å²) < 4.78 is 5.31. The van der Waals surface area contributed by atoms with E-state index in [1.165, 1.54) is 11.3 Å². The quantitative estimate of drug-likeness (QED) is 0.777. The Kier molecular flexibility index (Phi) is 5.18. The minimum Gasteiger partial charge on any atom is -0.397 e. The molecule has 2 rings (SSSR count). The zero-order valence-corrected chi connectivity index (χ0v) is 12.1. The average Bonchev–Trinajstić information content (AvgIpc) is 2.80. The van der Waals surface area contributed by atoms with Gasteiger partial charge in [-0.15, -0.1) is 11.3 Å². The molecule has 1 aliphatic rings. The molecule has 0 spiro atoms. The molecular weight excluding hydrogens is 262 g/mol. The van der Waals surface area contributed by atoms with E-state index < -0.39 is 0 Å². The summed E-state index contributed by atoms with van der Waals surface area (Å²) in [4.78, 5) is 14.7. The van der Waals surface area contributed by atoms with E-state index in [-0.39, 0.29) is 5.78 Å². The second kappa shape index (κ2) is 6.88. The molecule has 0 atom stereocenters. The number of thiophene rings is 1. The number of nitrogens with two attached hydrogens (primary N) is 1. The number of ketones is 1. The summed E-state index contributed by atoms with van der Waals surface area (Å²) in [5.41, 5.74) is 6.44. The van der Waals surface area contributed by atoms with Crippen molar-refractivity contribution in [2.24, 2.45) is 0 Å². The number of Topliss-reactive ketones (excluding diaryl/α,β-unsaturated/α-hetero) is 1. The highest BCUT2D eigenvalue weighted by molar-refractivity contribution is 7.18. The summed E-state index contributed by atoms with van der Waals surface area (Å²) in [6, 6.07) is 1.85. The van der Waals surface area contributed by atoms with Crippen LogP contribution in [0, 0.1) is 0 Å². The first-order chi connectivity index (χ1) is 9.20. The molecular formula is C13H21N3O2S. The van der Waals surface area contributed by atoms with Crippen LogP contribution in [0.25, 0.3) is 0 Å². The minimum atomic E-state index is 0.115. The summed E-state index contributed by atoms with van der Waals surface area (Å²) in [6.45, 7) is 7.33. The fourth-order valence-electron chi connectivity index (χ4n) is 2.03. The van der Waals surface area contributed by atoms with Gasteiger partial charge in [-0.25, -0.2) is 0 Å². The molecule has 19 heavy (non-hydrogen) atoms. The van der Waals surface area contributed by atoms with Crippen molar-refractivity contribution in [2.45, 2.75) is 13.3 Å². The number of morpholine rings is 1. The van der Waals surface area contributed by atoms with E-state index in [0.717, 1.165) is 44.4 Å². The molecule has 0 saturated carbocycles. The molecule has 1 aliphatic heterocycles. The van der Waals surface area contributed by atoms with E-state index in [2.05, 4.69) is 10.2 Å². The van der Waals surface area contributed by atoms with Crippen LogP contribution in [0.2, 0.25) is 0 Å². The molecule has 0 unspecified atom stereocenters. The molecule has 0 aliphatic carbocycles. The number of nitrogens with one attached hydrogen (secondary N) is 1. The molecule has 6 heteroatoms. The SMILES string of the molecule is CCC(=O)c1sc(NCCN2CCOCC2)cc1N. The Hall–Kier alpha value is -1.11. The van der Waals surface area contributed by atoms with Crippen LogP contribution in [0.15, 0.2) is 6.07 Å². The van der Waals surface area contributed by atoms with Crippen molar-refractivity contribution in [2.75, 3.05) is 50.4 Å². The van der Waals surface area contributed by atoms with Gasteiger partial charge < -0.3 is 15.8 Å². The van der Waals surface area contributed by atoms with Crippen molar-refractivity contribution in [3.8, 4) is 0 Å². The molecule has 0 aromatic carbocycles. The van der Waals surface area contributed by atoms with Crippen molar-refractivity contribution in [3.05, 3.63) is 10.9 Å². The van der Waals surface area contributed by atoms with Gasteiger partial charge in [0, 0.05) is 32.6 Å². The Balaban J connectivity index is 1.81. The predicted molar refractivity (Wildman–Crippen MR) is 79.1 cm³/mol. The van der Waals surface area contributed by atoms with Crippen LogP contribution in [0.4, 0.5) is 10.7 Å². The fraction of sp³-hybridized carbons (Fsp3) is 0.615. The van der Waals surface area contributed by atoms with Crippen molar-refractivity contribution < 1.29 is 9.53 Å². The highest BCUT2D eigenvalue weighted by atomic mass is 32.1. The smallest absolute Gasteiger partial charge is 0.174 e. The molecule has 1 saturated heterocycles. The van der Waals surface area contributed by atoms with Gasteiger partial charge in [-0.3, -0.25) is 9.69 Å². The average molecular weight is 283 g/mol. The van der Waals surface area contributed by atoms with Gasteiger partial charge in [0.2, 0.25) is 0 Å². The molecule has 5 nitrogen and oxygen atoms in total. The first kappa shape index (κ1) is 14.3. The van der Waals surface area contributed by atoms with Crippen LogP contribution in [0.1, 0.15) is 23.0 Å². The molecule has 0 bridgehead atoms. The first-order valence-electron chi connectivity index (χ1n) is 6.67. The predicted octanol–water partition coefficient (Wildman–Crippen LogP) is 1.67. The largest absolute Gasteiger partial charge is 0.397 e. The first-order valence-corrected chi connectivity index (χ1v) is 7.49. The van der Waals surface area contributed by atoms with E-state index in [4.69, 9.17) is 10.5 Å². The molecule has 0 radical (unpaired) electrons. The maximum Gasteiger partial charge on any atom is 0.174 e. The third kappa shape index (κ3) is 3.92. The number of nitrogens with zero attached hydrogens (tertiary/aromatic N) is 1. The van der Waals surface area contributed by atoms with Crippen LogP contribution in [0.3, 0.4) is 0 Å². The maximum atomic E-state index is 11.6. The highest BCUT2D eigenvalue weighted by Crippen LogP contribution is 2.30. The minimum absolute atomic E-state index is 0.115.